The van der Waals surface area contributed by atoms with Crippen molar-refractivity contribution in [2.75, 3.05) is 50.8 Å². The zero-order chi connectivity index (χ0) is 28.8. The van der Waals surface area contributed by atoms with Gasteiger partial charge in [-0.3, -0.25) is 9.69 Å². The van der Waals surface area contributed by atoms with Crippen molar-refractivity contribution in [1.29, 1.82) is 0 Å². The third-order valence-corrected chi connectivity index (χ3v) is 7.32. The van der Waals surface area contributed by atoms with Crippen molar-refractivity contribution in [3.05, 3.63) is 53.6 Å². The molecular weight excluding hydrogens is 554 g/mol. The van der Waals surface area contributed by atoms with Crippen LogP contribution in [-0.2, 0) is 4.79 Å². The number of carbonyl (C=O) groups is 1. The Morgan fingerprint density at radius 3 is 2.65 bits per heavy atom. The van der Waals surface area contributed by atoms with Crippen LogP contribution in [0.3, 0.4) is 0 Å². The largest absolute Gasteiger partial charge is 0.507 e. The van der Waals surface area contributed by atoms with Crippen molar-refractivity contribution >= 4 is 34.2 Å². The highest BCUT2D eigenvalue weighted by Crippen LogP contribution is 2.43. The predicted octanol–water partition coefficient (Wildman–Crippen LogP) is 4.49. The van der Waals surface area contributed by atoms with Crippen molar-refractivity contribution < 1.29 is 32.2 Å². The topological polar surface area (TPSA) is 82.0 Å². The first kappa shape index (κ1) is 27.9. The van der Waals surface area contributed by atoms with Crippen LogP contribution in [0.4, 0.5) is 23.4 Å². The van der Waals surface area contributed by atoms with Crippen LogP contribution in [0.2, 0.25) is 5.02 Å². The third-order valence-electron chi connectivity index (χ3n) is 7.02. The van der Waals surface area contributed by atoms with Gasteiger partial charge in [0.1, 0.15) is 29.5 Å². The molecule has 1 atom stereocenters. The van der Waals surface area contributed by atoms with Gasteiger partial charge in [-0.05, 0) is 31.2 Å². The molecule has 2 aliphatic rings. The minimum Gasteiger partial charge on any atom is -0.507 e. The Bertz CT molecular complexity index is 1460. The number of alkyl halides is 2. The standard InChI is InChI=1S/C27H26ClF4N5O3/c1-3-20(39)36-7-8-37(15(2)12-36)25-16-11-17(28)21(22-18(29)5-4-6-19(22)38)23(30)24(16)33-26(34-25)40-10-9-35-13-27(31,32)14-35/h3-6,11,15,38H,1,7-10,12-14H2,2H3/t15-/m1/s1. The molecule has 0 radical (unpaired) electrons. The molecule has 5 rings (SSSR count). The first-order valence-electron chi connectivity index (χ1n) is 12.6. The molecule has 212 valence electrons. The highest BCUT2D eigenvalue weighted by Gasteiger charge is 2.43. The fourth-order valence-corrected chi connectivity index (χ4v) is 5.35. The minimum atomic E-state index is -2.73. The zero-order valence-corrected chi connectivity index (χ0v) is 22.3. The van der Waals surface area contributed by atoms with Gasteiger partial charge < -0.3 is 19.6 Å². The molecule has 0 saturated carbocycles. The lowest BCUT2D eigenvalue weighted by Gasteiger charge is -2.40. The first-order valence-corrected chi connectivity index (χ1v) is 13.0. The number of phenols is 1. The molecule has 2 aromatic carbocycles. The van der Waals surface area contributed by atoms with E-state index in [1.807, 2.05) is 11.8 Å². The number of likely N-dealkylation sites (tertiary alicyclic amines) is 1. The number of aromatic nitrogens is 2. The third kappa shape index (κ3) is 5.25. The van der Waals surface area contributed by atoms with Crippen LogP contribution in [0.15, 0.2) is 36.9 Å². The Morgan fingerprint density at radius 1 is 1.25 bits per heavy atom. The maximum atomic E-state index is 16.1. The molecule has 2 saturated heterocycles. The van der Waals surface area contributed by atoms with Crippen LogP contribution < -0.4 is 9.64 Å². The van der Waals surface area contributed by atoms with E-state index in [0.29, 0.717) is 19.6 Å². The maximum absolute atomic E-state index is 16.1. The molecule has 0 unspecified atom stereocenters. The molecule has 0 spiro atoms. The maximum Gasteiger partial charge on any atom is 0.319 e. The Kier molecular flexibility index (Phi) is 7.49. The number of fused-ring (bicyclic) bond motifs is 1. The van der Waals surface area contributed by atoms with Crippen molar-refractivity contribution in [3.63, 3.8) is 0 Å². The molecule has 8 nitrogen and oxygen atoms in total. The van der Waals surface area contributed by atoms with Gasteiger partial charge in [0.15, 0.2) is 5.82 Å². The van der Waals surface area contributed by atoms with Gasteiger partial charge in [0.2, 0.25) is 5.91 Å². The number of rotatable bonds is 7. The summed E-state index contributed by atoms with van der Waals surface area (Å²) in [7, 11) is 0. The second-order valence-electron chi connectivity index (χ2n) is 9.85. The number of hydrogen-bond donors (Lipinski definition) is 1. The Morgan fingerprint density at radius 2 is 2.00 bits per heavy atom. The number of benzene rings is 2. The highest BCUT2D eigenvalue weighted by molar-refractivity contribution is 6.34. The number of carbonyl (C=O) groups excluding carboxylic acids is 1. The van der Waals surface area contributed by atoms with E-state index < -0.39 is 28.9 Å². The summed E-state index contributed by atoms with van der Waals surface area (Å²) in [6.45, 7) is 5.80. The quantitative estimate of drug-likeness (QED) is 0.326. The van der Waals surface area contributed by atoms with Gasteiger partial charge in [-0.2, -0.15) is 9.97 Å². The SMILES string of the molecule is C=CC(=O)N1CCN(c2nc(OCCN3CC(F)(F)C3)nc3c(F)c(-c4c(O)cccc4F)c(Cl)cc23)[C@H](C)C1. The van der Waals surface area contributed by atoms with Crippen LogP contribution in [0.1, 0.15) is 6.92 Å². The zero-order valence-electron chi connectivity index (χ0n) is 21.5. The van der Waals surface area contributed by atoms with E-state index in [1.54, 1.807) is 4.90 Å². The van der Waals surface area contributed by atoms with Gasteiger partial charge in [-0.1, -0.05) is 24.2 Å². The second kappa shape index (κ2) is 10.7. The fourth-order valence-electron chi connectivity index (χ4n) is 5.07. The summed E-state index contributed by atoms with van der Waals surface area (Å²) in [5.74, 6) is -5.05. The highest BCUT2D eigenvalue weighted by atomic mass is 35.5. The molecule has 13 heteroatoms. The number of piperazine rings is 1. The van der Waals surface area contributed by atoms with Crippen molar-refractivity contribution in [3.8, 4) is 22.9 Å². The number of ether oxygens (including phenoxy) is 1. The van der Waals surface area contributed by atoms with E-state index in [2.05, 4.69) is 16.5 Å². The summed E-state index contributed by atoms with van der Waals surface area (Å²) in [6, 6.07) is 4.49. The van der Waals surface area contributed by atoms with Gasteiger partial charge in [0.05, 0.1) is 23.7 Å². The molecule has 0 bridgehead atoms. The van der Waals surface area contributed by atoms with E-state index in [9.17, 15) is 23.1 Å². The summed E-state index contributed by atoms with van der Waals surface area (Å²) < 4.78 is 62.9. The lowest BCUT2D eigenvalue weighted by Crippen LogP contribution is -2.57. The van der Waals surface area contributed by atoms with Crippen molar-refractivity contribution in [2.45, 2.75) is 18.9 Å². The molecule has 2 aliphatic heterocycles. The molecule has 3 aromatic rings. The second-order valence-corrected chi connectivity index (χ2v) is 10.3. The lowest BCUT2D eigenvalue weighted by molar-refractivity contribution is -0.132. The summed E-state index contributed by atoms with van der Waals surface area (Å²) in [5.41, 5.74) is -1.02. The van der Waals surface area contributed by atoms with Crippen molar-refractivity contribution in [2.24, 2.45) is 0 Å². The summed E-state index contributed by atoms with van der Waals surface area (Å²) >= 11 is 6.47. The van der Waals surface area contributed by atoms with Gasteiger partial charge in [-0.25, -0.2) is 17.6 Å². The molecule has 1 amide bonds. The Labute approximate surface area is 232 Å². The number of nitrogens with zero attached hydrogens (tertiary/aromatic N) is 5. The normalized spacial score (nSPS) is 19.0. The van der Waals surface area contributed by atoms with Crippen LogP contribution in [0.25, 0.3) is 22.0 Å². The number of anilines is 1. The smallest absolute Gasteiger partial charge is 0.319 e. The average Bonchev–Trinajstić information content (AvgIpc) is 2.88. The van der Waals surface area contributed by atoms with E-state index in [0.717, 1.165) is 6.07 Å². The Hall–Kier alpha value is -3.64. The van der Waals surface area contributed by atoms with Gasteiger partial charge in [0, 0.05) is 43.2 Å². The summed E-state index contributed by atoms with van der Waals surface area (Å²) in [4.78, 5) is 25.9. The van der Waals surface area contributed by atoms with Gasteiger partial charge in [0.25, 0.3) is 5.92 Å². The summed E-state index contributed by atoms with van der Waals surface area (Å²) in [6.07, 6.45) is 1.23. The summed E-state index contributed by atoms with van der Waals surface area (Å²) in [5, 5.41) is 10.4. The predicted molar refractivity (Wildman–Crippen MR) is 142 cm³/mol. The molecule has 0 aliphatic carbocycles. The molecular formula is C27H26ClF4N5O3. The lowest BCUT2D eigenvalue weighted by atomic mass is 10.0. The molecule has 40 heavy (non-hydrogen) atoms. The van der Waals surface area contributed by atoms with Crippen molar-refractivity contribution in [1.82, 2.24) is 19.8 Å². The monoisotopic (exact) mass is 579 g/mol. The minimum absolute atomic E-state index is 0.0334. The van der Waals surface area contributed by atoms with Gasteiger partial charge in [-0.15, -0.1) is 0 Å². The van der Waals surface area contributed by atoms with Gasteiger partial charge >= 0.3 is 6.01 Å². The van der Waals surface area contributed by atoms with E-state index in [4.69, 9.17) is 16.3 Å². The van der Waals surface area contributed by atoms with E-state index >= 15 is 4.39 Å². The fraction of sp³-hybridized carbons (Fsp3) is 0.370. The Balaban J connectivity index is 1.56. The molecule has 1 N–H and O–H groups in total. The van der Waals surface area contributed by atoms with E-state index in [-0.39, 0.29) is 71.5 Å². The number of halogens is 5. The van der Waals surface area contributed by atoms with Crippen LogP contribution in [0, 0.1) is 11.6 Å². The molecule has 2 fully saturated rings. The van der Waals surface area contributed by atoms with Crippen LogP contribution in [-0.4, -0.2) is 88.6 Å². The van der Waals surface area contributed by atoms with Crippen LogP contribution in [0.5, 0.6) is 11.8 Å². The number of hydrogen-bond acceptors (Lipinski definition) is 7. The average molecular weight is 580 g/mol. The van der Waals surface area contributed by atoms with Crippen LogP contribution >= 0.6 is 11.6 Å². The first-order chi connectivity index (χ1) is 19.0. The number of aromatic hydroxyl groups is 1. The number of phenolic OH excluding ortho intramolecular Hbond substituents is 1. The number of amides is 1. The van der Waals surface area contributed by atoms with E-state index in [1.165, 1.54) is 29.2 Å². The molecule has 1 aromatic heterocycles. The molecule has 3 heterocycles.